The molecule has 3 rings (SSSR count). The van der Waals surface area contributed by atoms with E-state index in [-0.39, 0.29) is 11.4 Å². The smallest absolute Gasteiger partial charge is 0.266 e. The molecule has 156 valence electrons. The Balaban J connectivity index is 1.90. The van der Waals surface area contributed by atoms with E-state index >= 15 is 0 Å². The van der Waals surface area contributed by atoms with Crippen molar-refractivity contribution in [3.8, 4) is 11.8 Å². The fraction of sp³-hybridized carbons (Fsp3) is 0.120. The zero-order chi connectivity index (χ0) is 22.4. The van der Waals surface area contributed by atoms with E-state index in [1.807, 2.05) is 37.3 Å². The summed E-state index contributed by atoms with van der Waals surface area (Å²) in [4.78, 5) is 12.6. The summed E-state index contributed by atoms with van der Waals surface area (Å²) >= 11 is 2.16. The van der Waals surface area contributed by atoms with Gasteiger partial charge in [0.1, 0.15) is 23.2 Å². The predicted molar refractivity (Wildman–Crippen MR) is 128 cm³/mol. The standard InChI is InChI=1S/C25H20FIN2O2/c1-16-6-5-8-20(10-16)29-25(30)19(15-28)11-17-12-23(27)21(24(13-17)31-2)14-18-7-3-4-9-22(18)26/h3-13H,14H2,1-2H3,(H,29,30)/b19-11+. The zero-order valence-corrected chi connectivity index (χ0v) is 19.2. The Morgan fingerprint density at radius 2 is 1.97 bits per heavy atom. The molecule has 3 aromatic rings. The lowest BCUT2D eigenvalue weighted by Crippen LogP contribution is -2.13. The maximum Gasteiger partial charge on any atom is 0.266 e. The minimum absolute atomic E-state index is 0.0267. The predicted octanol–water partition coefficient (Wildman–Crippen LogP) is 5.88. The number of nitriles is 1. The monoisotopic (exact) mass is 526 g/mol. The van der Waals surface area contributed by atoms with Gasteiger partial charge in [0.15, 0.2) is 0 Å². The molecule has 1 N–H and O–H groups in total. The van der Waals surface area contributed by atoms with Crippen LogP contribution in [-0.4, -0.2) is 13.0 Å². The lowest BCUT2D eigenvalue weighted by molar-refractivity contribution is -0.112. The van der Waals surface area contributed by atoms with Gasteiger partial charge in [-0.25, -0.2) is 4.39 Å². The fourth-order valence-corrected chi connectivity index (χ4v) is 3.95. The number of aryl methyl sites for hydroxylation is 1. The first-order valence-corrected chi connectivity index (χ1v) is 10.6. The quantitative estimate of drug-likeness (QED) is 0.248. The Morgan fingerprint density at radius 1 is 1.19 bits per heavy atom. The van der Waals surface area contributed by atoms with E-state index in [2.05, 4.69) is 27.9 Å². The first kappa shape index (κ1) is 22.5. The van der Waals surface area contributed by atoms with E-state index in [1.165, 1.54) is 12.1 Å². The van der Waals surface area contributed by atoms with Crippen LogP contribution in [0.1, 0.15) is 22.3 Å². The van der Waals surface area contributed by atoms with Gasteiger partial charge in [0.05, 0.1) is 7.11 Å². The number of nitrogens with zero attached hydrogens (tertiary/aromatic N) is 1. The molecule has 0 heterocycles. The number of halogens is 2. The maximum atomic E-state index is 14.1. The number of ether oxygens (including phenoxy) is 1. The molecule has 0 radical (unpaired) electrons. The number of rotatable bonds is 6. The second-order valence-corrected chi connectivity index (χ2v) is 8.11. The van der Waals surface area contributed by atoms with Gasteiger partial charge in [-0.05, 0) is 82.6 Å². The molecule has 0 spiro atoms. The van der Waals surface area contributed by atoms with Crippen LogP contribution in [0.2, 0.25) is 0 Å². The average Bonchev–Trinajstić information content (AvgIpc) is 2.74. The van der Waals surface area contributed by atoms with E-state index in [0.29, 0.717) is 29.0 Å². The number of carbonyl (C=O) groups excluding carboxylic acids is 1. The molecule has 0 fully saturated rings. The van der Waals surface area contributed by atoms with E-state index in [9.17, 15) is 14.4 Å². The number of carbonyl (C=O) groups is 1. The molecule has 6 heteroatoms. The number of methoxy groups -OCH3 is 1. The van der Waals surface area contributed by atoms with Gasteiger partial charge in [0, 0.05) is 21.2 Å². The highest BCUT2D eigenvalue weighted by Crippen LogP contribution is 2.30. The Morgan fingerprint density at radius 3 is 2.65 bits per heavy atom. The maximum absolute atomic E-state index is 14.1. The summed E-state index contributed by atoms with van der Waals surface area (Å²) in [5.41, 5.74) is 3.66. The van der Waals surface area contributed by atoms with Crippen LogP contribution in [0.5, 0.6) is 5.75 Å². The fourth-order valence-electron chi connectivity index (χ4n) is 3.14. The molecule has 0 atom stereocenters. The summed E-state index contributed by atoms with van der Waals surface area (Å²) in [6.45, 7) is 1.92. The van der Waals surface area contributed by atoms with Crippen molar-refractivity contribution in [2.75, 3.05) is 12.4 Å². The van der Waals surface area contributed by atoms with Crippen molar-refractivity contribution >= 4 is 40.3 Å². The molecule has 0 aliphatic heterocycles. The second kappa shape index (κ2) is 10.2. The Labute approximate surface area is 194 Å². The molecule has 0 saturated heterocycles. The lowest BCUT2D eigenvalue weighted by atomic mass is 10.0. The molecule has 1 amide bonds. The molecular formula is C25H20FIN2O2. The molecular weight excluding hydrogens is 506 g/mol. The van der Waals surface area contributed by atoms with Gasteiger partial charge in [-0.2, -0.15) is 5.26 Å². The molecule has 4 nitrogen and oxygen atoms in total. The Hall–Kier alpha value is -3.18. The first-order valence-electron chi connectivity index (χ1n) is 9.51. The van der Waals surface area contributed by atoms with Crippen LogP contribution in [0.25, 0.3) is 6.08 Å². The van der Waals surface area contributed by atoms with Gasteiger partial charge in [0.25, 0.3) is 5.91 Å². The molecule has 0 saturated carbocycles. The molecule has 31 heavy (non-hydrogen) atoms. The minimum Gasteiger partial charge on any atom is -0.496 e. The summed E-state index contributed by atoms with van der Waals surface area (Å²) in [6.07, 6.45) is 1.89. The third-order valence-electron chi connectivity index (χ3n) is 4.67. The van der Waals surface area contributed by atoms with Crippen molar-refractivity contribution in [3.05, 3.63) is 97.9 Å². The van der Waals surface area contributed by atoms with Crippen LogP contribution in [-0.2, 0) is 11.2 Å². The van der Waals surface area contributed by atoms with Gasteiger partial charge in [0.2, 0.25) is 0 Å². The van der Waals surface area contributed by atoms with Crippen LogP contribution < -0.4 is 10.1 Å². The number of amides is 1. The zero-order valence-electron chi connectivity index (χ0n) is 17.1. The highest BCUT2D eigenvalue weighted by molar-refractivity contribution is 14.1. The average molecular weight is 526 g/mol. The molecule has 3 aromatic carbocycles. The van der Waals surface area contributed by atoms with Crippen molar-refractivity contribution < 1.29 is 13.9 Å². The number of benzene rings is 3. The molecule has 0 aliphatic rings. The molecule has 0 unspecified atom stereocenters. The number of nitrogens with one attached hydrogen (secondary N) is 1. The normalized spacial score (nSPS) is 11.0. The Kier molecular flexibility index (Phi) is 7.42. The SMILES string of the molecule is COc1cc(/C=C(\C#N)C(=O)Nc2cccc(C)c2)cc(I)c1Cc1ccccc1F. The number of hydrogen-bond acceptors (Lipinski definition) is 3. The van der Waals surface area contributed by atoms with Crippen molar-refractivity contribution in [1.29, 1.82) is 5.26 Å². The van der Waals surface area contributed by atoms with E-state index < -0.39 is 5.91 Å². The third-order valence-corrected chi connectivity index (χ3v) is 5.64. The topological polar surface area (TPSA) is 62.1 Å². The largest absolute Gasteiger partial charge is 0.496 e. The summed E-state index contributed by atoms with van der Waals surface area (Å²) in [7, 11) is 1.54. The highest BCUT2D eigenvalue weighted by Gasteiger charge is 2.15. The second-order valence-electron chi connectivity index (χ2n) is 6.95. The van der Waals surface area contributed by atoms with Crippen LogP contribution in [0, 0.1) is 27.6 Å². The minimum atomic E-state index is -0.488. The van der Waals surface area contributed by atoms with E-state index in [4.69, 9.17) is 4.74 Å². The molecule has 0 aromatic heterocycles. The summed E-state index contributed by atoms with van der Waals surface area (Å²) in [5, 5.41) is 12.3. The van der Waals surface area contributed by atoms with Gasteiger partial charge >= 0.3 is 0 Å². The number of hydrogen-bond donors (Lipinski definition) is 1. The summed E-state index contributed by atoms with van der Waals surface area (Å²) < 4.78 is 20.5. The van der Waals surface area contributed by atoms with Gasteiger partial charge < -0.3 is 10.1 Å². The third kappa shape index (κ3) is 5.70. The van der Waals surface area contributed by atoms with Gasteiger partial charge in [-0.15, -0.1) is 0 Å². The van der Waals surface area contributed by atoms with Crippen LogP contribution >= 0.6 is 22.6 Å². The van der Waals surface area contributed by atoms with Crippen LogP contribution in [0.4, 0.5) is 10.1 Å². The highest BCUT2D eigenvalue weighted by atomic mass is 127. The van der Waals surface area contributed by atoms with Crippen molar-refractivity contribution in [3.63, 3.8) is 0 Å². The van der Waals surface area contributed by atoms with Gasteiger partial charge in [-0.3, -0.25) is 4.79 Å². The number of anilines is 1. The van der Waals surface area contributed by atoms with Crippen LogP contribution in [0.3, 0.4) is 0 Å². The van der Waals surface area contributed by atoms with Crippen molar-refractivity contribution in [2.24, 2.45) is 0 Å². The Bertz CT molecular complexity index is 1200. The summed E-state index contributed by atoms with van der Waals surface area (Å²) in [5.74, 6) is -0.195. The molecule has 0 aliphatic carbocycles. The van der Waals surface area contributed by atoms with Gasteiger partial charge in [-0.1, -0.05) is 30.3 Å². The first-order chi connectivity index (χ1) is 14.9. The molecule has 0 bridgehead atoms. The van der Waals surface area contributed by atoms with Crippen LogP contribution in [0.15, 0.2) is 66.2 Å². The van der Waals surface area contributed by atoms with E-state index in [0.717, 1.165) is 14.7 Å². The summed E-state index contributed by atoms with van der Waals surface area (Å²) in [6, 6.07) is 19.5. The lowest BCUT2D eigenvalue weighted by Gasteiger charge is -2.13. The van der Waals surface area contributed by atoms with Crippen molar-refractivity contribution in [1.82, 2.24) is 0 Å². The van der Waals surface area contributed by atoms with Crippen molar-refractivity contribution in [2.45, 2.75) is 13.3 Å². The van der Waals surface area contributed by atoms with E-state index in [1.54, 1.807) is 37.4 Å².